The van der Waals surface area contributed by atoms with E-state index in [1.54, 1.807) is 30.3 Å². The van der Waals surface area contributed by atoms with Crippen molar-refractivity contribution in [3.8, 4) is 17.1 Å². The van der Waals surface area contributed by atoms with Gasteiger partial charge in [0.25, 0.3) is 5.91 Å². The molecule has 4 aromatic rings. The lowest BCUT2D eigenvalue weighted by Crippen LogP contribution is -2.23. The molecule has 1 aromatic heterocycles. The van der Waals surface area contributed by atoms with Gasteiger partial charge < -0.3 is 19.2 Å². The number of amides is 1. The van der Waals surface area contributed by atoms with Gasteiger partial charge in [-0.1, -0.05) is 42.0 Å². The van der Waals surface area contributed by atoms with Crippen molar-refractivity contribution in [1.29, 1.82) is 0 Å². The van der Waals surface area contributed by atoms with E-state index in [0.717, 1.165) is 16.7 Å². The Labute approximate surface area is 202 Å². The number of carbonyl (C=O) groups excluding carboxylic acids is 2. The van der Waals surface area contributed by atoms with Gasteiger partial charge in [0.1, 0.15) is 5.58 Å². The molecule has 1 N–H and O–H groups in total. The van der Waals surface area contributed by atoms with E-state index in [1.807, 2.05) is 51.1 Å². The molecule has 178 valence electrons. The molecule has 0 aliphatic heterocycles. The number of ether oxygens (including phenoxy) is 2. The van der Waals surface area contributed by atoms with E-state index in [-0.39, 0.29) is 28.2 Å². The Morgan fingerprint density at radius 2 is 1.63 bits per heavy atom. The molecule has 4 rings (SSSR count). The first-order chi connectivity index (χ1) is 16.8. The number of hydrogen-bond acceptors (Lipinski definition) is 6. The summed E-state index contributed by atoms with van der Waals surface area (Å²) in [6, 6.07) is 17.5. The van der Waals surface area contributed by atoms with Gasteiger partial charge in [-0.15, -0.1) is 0 Å². The number of methoxy groups -OCH3 is 1. The van der Waals surface area contributed by atoms with E-state index in [4.69, 9.17) is 13.9 Å². The van der Waals surface area contributed by atoms with Gasteiger partial charge in [-0.2, -0.15) is 0 Å². The van der Waals surface area contributed by atoms with Crippen molar-refractivity contribution in [2.45, 2.75) is 20.8 Å². The first-order valence-electron chi connectivity index (χ1n) is 11.0. The predicted octanol–water partition coefficient (Wildman–Crippen LogP) is 5.19. The molecule has 1 amide bonds. The normalized spacial score (nSPS) is 10.7. The molecule has 0 spiro atoms. The minimum Gasteiger partial charge on any atom is -0.476 e. The van der Waals surface area contributed by atoms with Crippen LogP contribution in [-0.4, -0.2) is 25.6 Å². The topological polar surface area (TPSA) is 94.8 Å². The van der Waals surface area contributed by atoms with Crippen LogP contribution in [-0.2, 0) is 9.53 Å². The largest absolute Gasteiger partial charge is 0.476 e. The molecule has 0 unspecified atom stereocenters. The van der Waals surface area contributed by atoms with Crippen molar-refractivity contribution in [3.05, 3.63) is 93.1 Å². The second kappa shape index (κ2) is 9.85. The van der Waals surface area contributed by atoms with E-state index in [9.17, 15) is 14.4 Å². The summed E-state index contributed by atoms with van der Waals surface area (Å²) in [5, 5.41) is 3.01. The maximum absolute atomic E-state index is 13.4. The fourth-order valence-corrected chi connectivity index (χ4v) is 3.66. The summed E-state index contributed by atoms with van der Waals surface area (Å²) in [7, 11) is 1.26. The molecule has 0 aliphatic carbocycles. The highest BCUT2D eigenvalue weighted by atomic mass is 16.5. The molecular weight excluding hydrogens is 446 g/mol. The molecule has 35 heavy (non-hydrogen) atoms. The molecule has 0 atom stereocenters. The summed E-state index contributed by atoms with van der Waals surface area (Å²) in [4.78, 5) is 38.1. The van der Waals surface area contributed by atoms with Crippen LogP contribution in [0.1, 0.15) is 27.0 Å². The first-order valence-corrected chi connectivity index (χ1v) is 11.0. The summed E-state index contributed by atoms with van der Waals surface area (Å²) < 4.78 is 16.7. The third-order valence-electron chi connectivity index (χ3n) is 5.73. The van der Waals surface area contributed by atoms with E-state index < -0.39 is 18.5 Å². The Morgan fingerprint density at radius 1 is 0.943 bits per heavy atom. The zero-order valence-electron chi connectivity index (χ0n) is 19.9. The average molecular weight is 472 g/mol. The number of para-hydroxylation sites is 1. The van der Waals surface area contributed by atoms with Crippen LogP contribution in [0.4, 0.5) is 5.69 Å². The summed E-state index contributed by atoms with van der Waals surface area (Å²) in [6.07, 6.45) is 0. The summed E-state index contributed by atoms with van der Waals surface area (Å²) in [6.45, 7) is 5.35. The summed E-state index contributed by atoms with van der Waals surface area (Å²) >= 11 is 0. The zero-order valence-corrected chi connectivity index (χ0v) is 19.9. The molecule has 7 heteroatoms. The number of hydrogen-bond donors (Lipinski definition) is 1. The van der Waals surface area contributed by atoms with Gasteiger partial charge in [-0.05, 0) is 56.2 Å². The van der Waals surface area contributed by atoms with E-state index in [0.29, 0.717) is 16.5 Å². The highest BCUT2D eigenvalue weighted by Crippen LogP contribution is 2.32. The zero-order chi connectivity index (χ0) is 25.1. The lowest BCUT2D eigenvalue weighted by Gasteiger charge is -2.14. The Bertz CT molecular complexity index is 1480. The van der Waals surface area contributed by atoms with Crippen molar-refractivity contribution >= 4 is 28.5 Å². The molecular formula is C28H25NO6. The lowest BCUT2D eigenvalue weighted by molar-refractivity contribution is -0.118. The monoisotopic (exact) mass is 471 g/mol. The quantitative estimate of drug-likeness (QED) is 0.389. The fraction of sp³-hybridized carbons (Fsp3) is 0.179. The minimum absolute atomic E-state index is 0.0546. The molecule has 7 nitrogen and oxygen atoms in total. The van der Waals surface area contributed by atoms with Crippen LogP contribution in [0.5, 0.6) is 5.75 Å². The average Bonchev–Trinajstić information content (AvgIpc) is 2.85. The van der Waals surface area contributed by atoms with Gasteiger partial charge >= 0.3 is 5.97 Å². The second-order valence-corrected chi connectivity index (χ2v) is 8.26. The van der Waals surface area contributed by atoms with E-state index >= 15 is 0 Å². The van der Waals surface area contributed by atoms with Crippen LogP contribution in [0.3, 0.4) is 0 Å². The van der Waals surface area contributed by atoms with Crippen LogP contribution >= 0.6 is 0 Å². The SMILES string of the molecule is COC(=O)c1ccccc1NC(=O)COc1c(-c2ccc(C)cc2)oc2cc(C)c(C)cc2c1=O. The maximum Gasteiger partial charge on any atom is 0.339 e. The minimum atomic E-state index is -0.579. The van der Waals surface area contributed by atoms with Gasteiger partial charge in [0.05, 0.1) is 23.7 Å². The third-order valence-corrected chi connectivity index (χ3v) is 5.73. The first kappa shape index (κ1) is 23.8. The van der Waals surface area contributed by atoms with E-state index in [2.05, 4.69) is 5.32 Å². The smallest absolute Gasteiger partial charge is 0.339 e. The highest BCUT2D eigenvalue weighted by molar-refractivity contribution is 6.01. The Morgan fingerprint density at radius 3 is 2.34 bits per heavy atom. The molecule has 0 radical (unpaired) electrons. The molecule has 0 fully saturated rings. The highest BCUT2D eigenvalue weighted by Gasteiger charge is 2.20. The van der Waals surface area contributed by atoms with Gasteiger partial charge in [-0.25, -0.2) is 4.79 Å². The van der Waals surface area contributed by atoms with Gasteiger partial charge in [0.15, 0.2) is 12.4 Å². The fourth-order valence-electron chi connectivity index (χ4n) is 3.66. The number of rotatable bonds is 6. The van der Waals surface area contributed by atoms with Crippen molar-refractivity contribution in [1.82, 2.24) is 0 Å². The van der Waals surface area contributed by atoms with Crippen molar-refractivity contribution in [2.24, 2.45) is 0 Å². The van der Waals surface area contributed by atoms with Crippen LogP contribution in [0, 0.1) is 20.8 Å². The third kappa shape index (κ3) is 4.94. The van der Waals surface area contributed by atoms with Crippen molar-refractivity contribution in [3.63, 3.8) is 0 Å². The van der Waals surface area contributed by atoms with E-state index in [1.165, 1.54) is 7.11 Å². The second-order valence-electron chi connectivity index (χ2n) is 8.26. The molecule has 0 saturated carbocycles. The van der Waals surface area contributed by atoms with Crippen molar-refractivity contribution < 1.29 is 23.5 Å². The molecule has 1 heterocycles. The number of anilines is 1. The Balaban J connectivity index is 1.70. The molecule has 3 aromatic carbocycles. The van der Waals surface area contributed by atoms with Crippen LogP contribution < -0.4 is 15.5 Å². The van der Waals surface area contributed by atoms with Crippen LogP contribution in [0.2, 0.25) is 0 Å². The molecule has 0 bridgehead atoms. The maximum atomic E-state index is 13.4. The lowest BCUT2D eigenvalue weighted by atomic mass is 10.0. The van der Waals surface area contributed by atoms with Crippen LogP contribution in [0.15, 0.2) is 69.9 Å². The molecule has 0 saturated heterocycles. The number of esters is 1. The van der Waals surface area contributed by atoms with Crippen molar-refractivity contribution in [2.75, 3.05) is 19.0 Å². The summed E-state index contributed by atoms with van der Waals surface area (Å²) in [5.74, 6) is -0.936. The van der Waals surface area contributed by atoms with Gasteiger partial charge in [-0.3, -0.25) is 9.59 Å². The number of nitrogens with one attached hydrogen (secondary N) is 1. The van der Waals surface area contributed by atoms with Gasteiger partial charge in [0.2, 0.25) is 11.2 Å². The number of carbonyl (C=O) groups is 2. The van der Waals surface area contributed by atoms with Crippen LogP contribution in [0.25, 0.3) is 22.3 Å². The Kier molecular flexibility index (Phi) is 6.68. The number of aryl methyl sites for hydroxylation is 3. The standard InChI is InChI=1S/C28H25NO6/c1-16-9-11-19(12-10-16)26-27(25(31)21-13-17(2)18(3)14-23(21)35-26)34-15-24(30)29-22-8-6-5-7-20(22)28(32)33-4/h5-14H,15H2,1-4H3,(H,29,30). The number of fused-ring (bicyclic) bond motifs is 1. The number of benzene rings is 3. The summed E-state index contributed by atoms with van der Waals surface area (Å²) in [5.41, 5.74) is 4.20. The molecule has 0 aliphatic rings. The predicted molar refractivity (Wildman–Crippen MR) is 134 cm³/mol. The van der Waals surface area contributed by atoms with Gasteiger partial charge in [0, 0.05) is 5.56 Å². The Hall–Kier alpha value is -4.39.